The first-order valence-corrected chi connectivity index (χ1v) is 9.49. The molecule has 140 valence electrons. The van der Waals surface area contributed by atoms with E-state index in [1.807, 2.05) is 31.2 Å². The van der Waals surface area contributed by atoms with E-state index in [1.54, 1.807) is 17.0 Å². The summed E-state index contributed by atoms with van der Waals surface area (Å²) in [5.41, 5.74) is 1.97. The Morgan fingerprint density at radius 2 is 1.85 bits per heavy atom. The Bertz CT molecular complexity index is 891. The molecule has 1 aromatic carbocycles. The average Bonchev–Trinajstić information content (AvgIpc) is 3.30. The van der Waals surface area contributed by atoms with Crippen LogP contribution < -0.4 is 0 Å². The van der Waals surface area contributed by atoms with Crippen LogP contribution in [-0.2, 0) is 4.79 Å². The first kappa shape index (κ1) is 17.6. The SMILES string of the molecule is Cc1ccccc1C1C(C(=O)c2ccco2)=C(O)C(=O)N1C1CCCCC1. The summed E-state index contributed by atoms with van der Waals surface area (Å²) in [5.74, 6) is -1.20. The standard InChI is InChI=1S/C22H23NO4/c1-14-8-5-6-11-16(14)19-18(20(24)17-12-7-13-27-17)21(25)22(26)23(19)15-9-3-2-4-10-15/h5-8,11-13,15,19,25H,2-4,9-10H2,1H3. The number of carbonyl (C=O) groups excluding carboxylic acids is 2. The highest BCUT2D eigenvalue weighted by molar-refractivity contribution is 6.15. The summed E-state index contributed by atoms with van der Waals surface area (Å²) in [6.07, 6.45) is 6.47. The quantitative estimate of drug-likeness (QED) is 0.810. The second-order valence-corrected chi connectivity index (χ2v) is 7.33. The Labute approximate surface area is 158 Å². The zero-order valence-electron chi connectivity index (χ0n) is 15.4. The van der Waals surface area contributed by atoms with Gasteiger partial charge in [-0.2, -0.15) is 0 Å². The average molecular weight is 365 g/mol. The summed E-state index contributed by atoms with van der Waals surface area (Å²) in [6.45, 7) is 1.96. The normalized spacial score (nSPS) is 21.1. The fourth-order valence-electron chi connectivity index (χ4n) is 4.33. The van der Waals surface area contributed by atoms with Crippen molar-refractivity contribution >= 4 is 11.7 Å². The maximum absolute atomic E-state index is 13.1. The monoisotopic (exact) mass is 365 g/mol. The van der Waals surface area contributed by atoms with E-state index in [4.69, 9.17) is 4.42 Å². The Kier molecular flexibility index (Phi) is 4.60. The molecule has 2 aromatic rings. The second-order valence-electron chi connectivity index (χ2n) is 7.33. The molecule has 0 radical (unpaired) electrons. The van der Waals surface area contributed by atoms with Gasteiger partial charge in [0.15, 0.2) is 11.5 Å². The number of Topliss-reactive ketones (excluding diaryl/α,β-unsaturated/α-hetero) is 1. The molecule has 27 heavy (non-hydrogen) atoms. The number of aliphatic hydroxyl groups is 1. The van der Waals surface area contributed by atoms with Crippen LogP contribution in [0.1, 0.15) is 59.8 Å². The molecule has 1 aliphatic carbocycles. The van der Waals surface area contributed by atoms with Crippen molar-refractivity contribution in [2.24, 2.45) is 0 Å². The molecular formula is C22H23NO4. The van der Waals surface area contributed by atoms with Crippen LogP contribution in [0.25, 0.3) is 0 Å². The minimum absolute atomic E-state index is 0.0277. The maximum Gasteiger partial charge on any atom is 0.290 e. The summed E-state index contributed by atoms with van der Waals surface area (Å²) >= 11 is 0. The number of furan rings is 1. The van der Waals surface area contributed by atoms with Gasteiger partial charge in [0.1, 0.15) is 0 Å². The van der Waals surface area contributed by atoms with Crippen LogP contribution in [0.4, 0.5) is 0 Å². The highest BCUT2D eigenvalue weighted by Gasteiger charge is 2.47. The van der Waals surface area contributed by atoms with E-state index in [-0.39, 0.29) is 17.4 Å². The lowest BCUT2D eigenvalue weighted by molar-refractivity contribution is -0.132. The van der Waals surface area contributed by atoms with E-state index in [1.165, 1.54) is 6.26 Å². The van der Waals surface area contributed by atoms with Crippen molar-refractivity contribution in [3.8, 4) is 0 Å². The number of nitrogens with zero attached hydrogens (tertiary/aromatic N) is 1. The third-order valence-electron chi connectivity index (χ3n) is 5.68. The van der Waals surface area contributed by atoms with Crippen LogP contribution in [0.3, 0.4) is 0 Å². The second kappa shape index (κ2) is 7.06. The molecule has 1 atom stereocenters. The molecule has 0 saturated heterocycles. The van der Waals surface area contributed by atoms with Gasteiger partial charge in [-0.05, 0) is 43.0 Å². The number of hydrogen-bond donors (Lipinski definition) is 1. The van der Waals surface area contributed by atoms with Gasteiger partial charge in [-0.25, -0.2) is 0 Å². The molecule has 4 rings (SSSR count). The summed E-state index contributed by atoms with van der Waals surface area (Å²) in [4.78, 5) is 27.8. The van der Waals surface area contributed by atoms with Crippen LogP contribution >= 0.6 is 0 Å². The van der Waals surface area contributed by atoms with Gasteiger partial charge in [-0.15, -0.1) is 0 Å². The lowest BCUT2D eigenvalue weighted by atomic mass is 9.88. The lowest BCUT2D eigenvalue weighted by Crippen LogP contribution is -2.41. The zero-order chi connectivity index (χ0) is 19.0. The van der Waals surface area contributed by atoms with Gasteiger partial charge in [0.05, 0.1) is 17.9 Å². The zero-order valence-corrected chi connectivity index (χ0v) is 15.4. The summed E-state index contributed by atoms with van der Waals surface area (Å²) in [5, 5.41) is 10.7. The van der Waals surface area contributed by atoms with Crippen LogP contribution in [0.15, 0.2) is 58.4 Å². The molecule has 1 amide bonds. The van der Waals surface area contributed by atoms with Crippen molar-refractivity contribution in [3.05, 3.63) is 70.9 Å². The maximum atomic E-state index is 13.1. The fourth-order valence-corrected chi connectivity index (χ4v) is 4.33. The van der Waals surface area contributed by atoms with Crippen molar-refractivity contribution in [2.75, 3.05) is 0 Å². The van der Waals surface area contributed by atoms with Crippen molar-refractivity contribution in [1.82, 2.24) is 4.90 Å². The molecule has 1 fully saturated rings. The minimum atomic E-state index is -0.584. The van der Waals surface area contributed by atoms with E-state index in [0.717, 1.165) is 43.2 Å². The predicted molar refractivity (Wildman–Crippen MR) is 100 cm³/mol. The third-order valence-corrected chi connectivity index (χ3v) is 5.68. The Balaban J connectivity index is 1.83. The first-order valence-electron chi connectivity index (χ1n) is 9.49. The summed E-state index contributed by atoms with van der Waals surface area (Å²) in [7, 11) is 0. The van der Waals surface area contributed by atoms with Gasteiger partial charge in [0, 0.05) is 6.04 Å². The molecule has 2 heterocycles. The van der Waals surface area contributed by atoms with E-state index in [0.29, 0.717) is 0 Å². The molecule has 1 aliphatic heterocycles. The number of rotatable bonds is 4. The number of ketones is 1. The van der Waals surface area contributed by atoms with Gasteiger partial charge < -0.3 is 14.4 Å². The molecule has 5 nitrogen and oxygen atoms in total. The number of amides is 1. The van der Waals surface area contributed by atoms with Crippen molar-refractivity contribution in [2.45, 2.75) is 51.1 Å². The first-order chi connectivity index (χ1) is 13.1. The Morgan fingerprint density at radius 1 is 1.11 bits per heavy atom. The number of benzene rings is 1. The molecule has 0 bridgehead atoms. The van der Waals surface area contributed by atoms with E-state index < -0.39 is 23.5 Å². The number of carbonyl (C=O) groups is 2. The van der Waals surface area contributed by atoms with Crippen molar-refractivity contribution in [3.63, 3.8) is 0 Å². The van der Waals surface area contributed by atoms with Gasteiger partial charge in [0.2, 0.25) is 5.78 Å². The van der Waals surface area contributed by atoms with Crippen LogP contribution in [-0.4, -0.2) is 27.7 Å². The van der Waals surface area contributed by atoms with Gasteiger partial charge in [0.25, 0.3) is 5.91 Å². The molecule has 0 spiro atoms. The van der Waals surface area contributed by atoms with Gasteiger partial charge >= 0.3 is 0 Å². The van der Waals surface area contributed by atoms with Crippen LogP contribution in [0.2, 0.25) is 0 Å². The molecular weight excluding hydrogens is 342 g/mol. The topological polar surface area (TPSA) is 70.7 Å². The summed E-state index contributed by atoms with van der Waals surface area (Å²) in [6, 6.07) is 10.3. The molecule has 5 heteroatoms. The third kappa shape index (κ3) is 2.97. The van der Waals surface area contributed by atoms with Crippen LogP contribution in [0, 0.1) is 6.92 Å². The van der Waals surface area contributed by atoms with Crippen molar-refractivity contribution in [1.29, 1.82) is 0 Å². The largest absolute Gasteiger partial charge is 0.503 e. The minimum Gasteiger partial charge on any atom is -0.503 e. The van der Waals surface area contributed by atoms with Gasteiger partial charge in [-0.1, -0.05) is 43.5 Å². The number of aliphatic hydroxyl groups excluding tert-OH is 1. The van der Waals surface area contributed by atoms with E-state index in [2.05, 4.69) is 0 Å². The highest BCUT2D eigenvalue weighted by Crippen LogP contribution is 2.43. The molecule has 1 aromatic heterocycles. The number of hydrogen-bond acceptors (Lipinski definition) is 4. The molecule has 1 unspecified atom stereocenters. The molecule has 1 N–H and O–H groups in total. The molecule has 2 aliphatic rings. The van der Waals surface area contributed by atoms with Crippen molar-refractivity contribution < 1.29 is 19.1 Å². The Hall–Kier alpha value is -2.82. The Morgan fingerprint density at radius 3 is 2.52 bits per heavy atom. The predicted octanol–water partition coefficient (Wildman–Crippen LogP) is 4.50. The number of aryl methyl sites for hydroxylation is 1. The van der Waals surface area contributed by atoms with Gasteiger partial charge in [-0.3, -0.25) is 9.59 Å². The summed E-state index contributed by atoms with van der Waals surface area (Å²) < 4.78 is 5.26. The smallest absolute Gasteiger partial charge is 0.290 e. The fraction of sp³-hybridized carbons (Fsp3) is 0.364. The van der Waals surface area contributed by atoms with E-state index in [9.17, 15) is 14.7 Å². The van der Waals surface area contributed by atoms with E-state index >= 15 is 0 Å². The highest BCUT2D eigenvalue weighted by atomic mass is 16.3. The van der Waals surface area contributed by atoms with Crippen LogP contribution in [0.5, 0.6) is 0 Å². The lowest BCUT2D eigenvalue weighted by Gasteiger charge is -2.37. The molecule has 1 saturated carbocycles.